The van der Waals surface area contributed by atoms with E-state index in [-0.39, 0.29) is 17.0 Å². The van der Waals surface area contributed by atoms with Gasteiger partial charge in [-0.3, -0.25) is 0 Å². The van der Waals surface area contributed by atoms with Gasteiger partial charge in [0.15, 0.2) is 0 Å². The molecule has 0 saturated heterocycles. The fourth-order valence-corrected chi connectivity index (χ4v) is 2.36. The summed E-state index contributed by atoms with van der Waals surface area (Å²) < 4.78 is 67.7. The molecular weight excluding hydrogens is 314 g/mol. The van der Waals surface area contributed by atoms with Gasteiger partial charge in [0.1, 0.15) is 0 Å². The highest BCUT2D eigenvalue weighted by atomic mass is 79.9. The van der Waals surface area contributed by atoms with Gasteiger partial charge in [-0.1, -0.05) is 24.3 Å². The first-order valence-electron chi connectivity index (χ1n) is 3.92. The summed E-state index contributed by atoms with van der Waals surface area (Å²) in [5, 5.41) is 0. The van der Waals surface area contributed by atoms with Crippen LogP contribution in [0.4, 0.5) is 26.3 Å². The molecule has 0 nitrogen and oxygen atoms in total. The number of benzene rings is 1. The first-order valence-corrected chi connectivity index (χ1v) is 5.33. The monoisotopic (exact) mass is 318 g/mol. The van der Waals surface area contributed by atoms with Crippen LogP contribution in [0.25, 0.3) is 0 Å². The third-order valence-electron chi connectivity index (χ3n) is 1.71. The SMILES string of the molecule is Br.F[C](F)(F)[Mg][c]1ccccc1C(F)(F)F. The maximum absolute atomic E-state index is 12.3. The first kappa shape index (κ1) is 16.0. The predicted molar refractivity (Wildman–Crippen MR) is 53.2 cm³/mol. The minimum atomic E-state index is -4.71. The summed E-state index contributed by atoms with van der Waals surface area (Å²) in [6.45, 7) is 0. The summed E-state index contributed by atoms with van der Waals surface area (Å²) in [6.07, 6.45) is -4.71. The Balaban J connectivity index is 0.00000225. The van der Waals surface area contributed by atoms with Crippen molar-refractivity contribution in [2.45, 2.75) is 10.5 Å². The third-order valence-corrected chi connectivity index (χ3v) is 3.11. The van der Waals surface area contributed by atoms with Gasteiger partial charge in [0.05, 0.1) is 0 Å². The van der Waals surface area contributed by atoms with E-state index in [1.807, 2.05) is 0 Å². The highest BCUT2D eigenvalue weighted by Crippen LogP contribution is 2.28. The second kappa shape index (κ2) is 5.59. The van der Waals surface area contributed by atoms with Gasteiger partial charge in [-0.2, -0.15) is 13.2 Å². The molecule has 0 amide bonds. The number of halogens is 7. The van der Waals surface area contributed by atoms with Crippen molar-refractivity contribution in [1.29, 1.82) is 0 Å². The topological polar surface area (TPSA) is 0 Å². The Labute approximate surface area is 108 Å². The van der Waals surface area contributed by atoms with Crippen LogP contribution in [0.5, 0.6) is 0 Å². The molecule has 0 aliphatic heterocycles. The number of rotatable bonds is 1. The van der Waals surface area contributed by atoms with Crippen LogP contribution < -0.4 is 3.69 Å². The van der Waals surface area contributed by atoms with Crippen molar-refractivity contribution < 1.29 is 26.3 Å². The zero-order chi connectivity index (χ0) is 11.7. The van der Waals surface area contributed by atoms with Gasteiger partial charge in [0.25, 0.3) is 4.31 Å². The lowest BCUT2D eigenvalue weighted by Gasteiger charge is -2.13. The largest absolute Gasteiger partial charge is 0.573 e. The molecule has 0 bridgehead atoms. The van der Waals surface area contributed by atoms with E-state index in [0.717, 1.165) is 12.1 Å². The van der Waals surface area contributed by atoms with Gasteiger partial charge in [-0.15, -0.1) is 20.7 Å². The molecule has 0 atom stereocenters. The van der Waals surface area contributed by atoms with Crippen molar-refractivity contribution in [1.82, 2.24) is 0 Å². The summed E-state index contributed by atoms with van der Waals surface area (Å²) in [5.41, 5.74) is -1.17. The van der Waals surface area contributed by atoms with Gasteiger partial charge < -0.3 is 0 Å². The Kier molecular flexibility index (Phi) is 5.61. The van der Waals surface area contributed by atoms with Crippen LogP contribution in [0.1, 0.15) is 5.56 Å². The van der Waals surface area contributed by atoms with Crippen LogP contribution in [0, 0.1) is 0 Å². The van der Waals surface area contributed by atoms with E-state index in [1.165, 1.54) is 6.07 Å². The van der Waals surface area contributed by atoms with E-state index >= 15 is 0 Å². The Bertz CT molecular complexity index is 345. The number of hydrogen-bond donors (Lipinski definition) is 0. The molecule has 0 N–H and O–H groups in total. The molecule has 16 heavy (non-hydrogen) atoms. The summed E-state index contributed by atoms with van der Waals surface area (Å²) in [6, 6.07) is 3.83. The van der Waals surface area contributed by atoms with Crippen molar-refractivity contribution in [2.24, 2.45) is 0 Å². The molecule has 8 heteroatoms. The second-order valence-corrected chi connectivity index (χ2v) is 4.86. The molecule has 0 spiro atoms. The van der Waals surface area contributed by atoms with Crippen molar-refractivity contribution in [3.8, 4) is 0 Å². The van der Waals surface area contributed by atoms with Gasteiger partial charge in [-0.05, 0) is 0 Å². The average Bonchev–Trinajstić information content (AvgIpc) is 1.99. The first-order chi connectivity index (χ1) is 6.70. The van der Waals surface area contributed by atoms with E-state index in [9.17, 15) is 26.3 Å². The number of hydrogen-bond acceptors (Lipinski definition) is 0. The maximum Gasteiger partial charge on any atom is 0.573 e. The molecule has 0 saturated carbocycles. The van der Waals surface area contributed by atoms with E-state index in [4.69, 9.17) is 0 Å². The predicted octanol–water partition coefficient (Wildman–Crippen LogP) is 3.13. The van der Waals surface area contributed by atoms with Crippen molar-refractivity contribution in [2.75, 3.05) is 0 Å². The van der Waals surface area contributed by atoms with Gasteiger partial charge in [0, 0.05) is 5.56 Å². The molecule has 0 fully saturated rings. The highest BCUT2D eigenvalue weighted by molar-refractivity contribution is 8.93. The Hall–Kier alpha value is 0.0462. The van der Waals surface area contributed by atoms with Crippen LogP contribution in [-0.4, -0.2) is 24.7 Å². The molecular formula is C8H5BrF6Mg. The van der Waals surface area contributed by atoms with E-state index in [0.29, 0.717) is 6.07 Å². The smallest absolute Gasteiger partial charge is 0.206 e. The molecule has 0 aliphatic carbocycles. The lowest BCUT2D eigenvalue weighted by molar-refractivity contribution is -0.136. The molecule has 0 heterocycles. The standard InChI is InChI=1S/C7H4F3.CF3.BrH.Mg/c8-7(9,10)6-4-2-1-3-5-6;2-1(3)4;;/h1-4H;;1H;. The number of alkyl halides is 6. The average molecular weight is 319 g/mol. The molecule has 88 valence electrons. The Morgan fingerprint density at radius 2 is 1.38 bits per heavy atom. The summed E-state index contributed by atoms with van der Waals surface area (Å²) >= 11 is -2.90. The molecule has 1 rings (SSSR count). The molecule has 1 aromatic rings. The summed E-state index contributed by atoms with van der Waals surface area (Å²) in [4.78, 5) is 0. The fraction of sp³-hybridized carbons (Fsp3) is 0.250. The van der Waals surface area contributed by atoms with E-state index in [1.54, 1.807) is 0 Å². The van der Waals surface area contributed by atoms with Crippen LogP contribution >= 0.6 is 17.0 Å². The van der Waals surface area contributed by atoms with Gasteiger partial charge >= 0.3 is 26.5 Å². The minimum Gasteiger partial charge on any atom is -0.206 e. The van der Waals surface area contributed by atoms with Crippen LogP contribution in [0.2, 0.25) is 0 Å². The molecule has 0 aliphatic rings. The van der Waals surface area contributed by atoms with Gasteiger partial charge in [0.2, 0.25) is 0 Å². The van der Waals surface area contributed by atoms with Crippen LogP contribution in [0.15, 0.2) is 24.3 Å². The Morgan fingerprint density at radius 1 is 0.875 bits per heavy atom. The van der Waals surface area contributed by atoms with Crippen molar-refractivity contribution in [3.63, 3.8) is 0 Å². The summed E-state index contributed by atoms with van der Waals surface area (Å²) in [5.74, 6) is 0. The summed E-state index contributed by atoms with van der Waals surface area (Å²) in [7, 11) is 0. The quantitative estimate of drug-likeness (QED) is 0.551. The van der Waals surface area contributed by atoms with Crippen LogP contribution in [0.3, 0.4) is 0 Å². The Morgan fingerprint density at radius 3 is 1.81 bits per heavy atom. The fourth-order valence-electron chi connectivity index (χ4n) is 1.17. The van der Waals surface area contributed by atoms with E-state index < -0.39 is 40.1 Å². The highest BCUT2D eigenvalue weighted by Gasteiger charge is 2.39. The van der Waals surface area contributed by atoms with Gasteiger partial charge in [-0.25, -0.2) is 13.2 Å². The lowest BCUT2D eigenvalue weighted by Crippen LogP contribution is -2.35. The van der Waals surface area contributed by atoms with Crippen molar-refractivity contribution >= 4 is 41.0 Å². The lowest BCUT2D eigenvalue weighted by atomic mass is 10.2. The van der Waals surface area contributed by atoms with Crippen molar-refractivity contribution in [3.05, 3.63) is 29.8 Å². The second-order valence-electron chi connectivity index (χ2n) is 2.95. The molecule has 1 aromatic carbocycles. The zero-order valence-electron chi connectivity index (χ0n) is 7.69. The molecule has 0 unspecified atom stereocenters. The normalized spacial score (nSPS) is 11.6. The zero-order valence-corrected chi connectivity index (χ0v) is 10.8. The minimum absolute atomic E-state index is 0. The molecule has 0 aromatic heterocycles. The van der Waals surface area contributed by atoms with Crippen LogP contribution in [-0.2, 0) is 6.18 Å². The molecule has 0 radical (unpaired) electrons. The third kappa shape index (κ3) is 4.92. The maximum atomic E-state index is 12.3. The van der Waals surface area contributed by atoms with E-state index in [2.05, 4.69) is 0 Å².